The maximum absolute atomic E-state index is 11.7. The minimum absolute atomic E-state index is 0.0128. The van der Waals surface area contributed by atoms with Crippen LogP contribution in [-0.4, -0.2) is 36.2 Å². The SMILES string of the molecule is CN1C(=O)COc2ccc(NC(=O)C(C)(C)O)cc21. The van der Waals surface area contributed by atoms with E-state index in [1.807, 2.05) is 0 Å². The molecule has 1 heterocycles. The highest BCUT2D eigenvalue weighted by molar-refractivity contribution is 6.00. The van der Waals surface area contributed by atoms with Gasteiger partial charge in [-0.2, -0.15) is 0 Å². The summed E-state index contributed by atoms with van der Waals surface area (Å²) in [6.07, 6.45) is 0. The molecule has 2 N–H and O–H groups in total. The largest absolute Gasteiger partial charge is 0.482 e. The summed E-state index contributed by atoms with van der Waals surface area (Å²) in [6.45, 7) is 2.82. The standard InChI is InChI=1S/C13H16N2O4/c1-13(2,18)12(17)14-8-4-5-10-9(6-8)15(3)11(16)7-19-10/h4-6,18H,7H2,1-3H3,(H,14,17). The first-order valence-electron chi connectivity index (χ1n) is 5.86. The maximum Gasteiger partial charge on any atom is 0.264 e. The highest BCUT2D eigenvalue weighted by Crippen LogP contribution is 2.33. The summed E-state index contributed by atoms with van der Waals surface area (Å²) in [5.74, 6) is -0.0834. The van der Waals surface area contributed by atoms with Crippen LogP contribution >= 0.6 is 0 Å². The molecule has 1 aromatic carbocycles. The number of likely N-dealkylation sites (N-methyl/N-ethyl adjacent to an activating group) is 1. The van der Waals surface area contributed by atoms with Gasteiger partial charge in [0, 0.05) is 12.7 Å². The van der Waals surface area contributed by atoms with Gasteiger partial charge in [-0.25, -0.2) is 0 Å². The van der Waals surface area contributed by atoms with Gasteiger partial charge in [-0.3, -0.25) is 9.59 Å². The number of aliphatic hydroxyl groups is 1. The summed E-state index contributed by atoms with van der Waals surface area (Å²) in [5, 5.41) is 12.2. The molecule has 0 saturated heterocycles. The Balaban J connectivity index is 2.26. The van der Waals surface area contributed by atoms with Crippen LogP contribution in [0, 0.1) is 0 Å². The van der Waals surface area contributed by atoms with Crippen LogP contribution in [0.5, 0.6) is 5.75 Å². The fourth-order valence-corrected chi connectivity index (χ4v) is 1.63. The molecule has 6 heteroatoms. The first-order chi connectivity index (χ1) is 8.79. The molecule has 0 aliphatic carbocycles. The van der Waals surface area contributed by atoms with Gasteiger partial charge in [-0.05, 0) is 32.0 Å². The smallest absolute Gasteiger partial charge is 0.264 e. The average Bonchev–Trinajstić information content (AvgIpc) is 2.33. The van der Waals surface area contributed by atoms with Crippen LogP contribution in [0.3, 0.4) is 0 Å². The minimum atomic E-state index is -1.46. The van der Waals surface area contributed by atoms with Crippen LogP contribution in [-0.2, 0) is 9.59 Å². The lowest BCUT2D eigenvalue weighted by atomic mass is 10.1. The molecule has 1 aliphatic rings. The second kappa shape index (κ2) is 4.55. The van der Waals surface area contributed by atoms with Gasteiger partial charge < -0.3 is 20.1 Å². The zero-order valence-corrected chi connectivity index (χ0v) is 11.1. The Kier molecular flexibility index (Phi) is 3.20. The number of nitrogens with one attached hydrogen (secondary N) is 1. The van der Waals surface area contributed by atoms with Crippen LogP contribution in [0.2, 0.25) is 0 Å². The molecule has 0 spiro atoms. The molecule has 1 aliphatic heterocycles. The number of ether oxygens (including phenoxy) is 1. The van der Waals surface area contributed by atoms with Crippen LogP contribution in [0.1, 0.15) is 13.8 Å². The van der Waals surface area contributed by atoms with Crippen molar-refractivity contribution in [2.24, 2.45) is 0 Å². The predicted octanol–water partition coefficient (Wildman–Crippen LogP) is 0.751. The number of benzene rings is 1. The van der Waals surface area contributed by atoms with Crippen molar-refractivity contribution in [3.05, 3.63) is 18.2 Å². The van der Waals surface area contributed by atoms with Crippen molar-refractivity contribution in [2.45, 2.75) is 19.4 Å². The Morgan fingerprint density at radius 1 is 1.47 bits per heavy atom. The van der Waals surface area contributed by atoms with Gasteiger partial charge in [0.05, 0.1) is 5.69 Å². The highest BCUT2D eigenvalue weighted by Gasteiger charge is 2.26. The van der Waals surface area contributed by atoms with Crippen molar-refractivity contribution in [3.63, 3.8) is 0 Å². The van der Waals surface area contributed by atoms with Crippen LogP contribution in [0.15, 0.2) is 18.2 Å². The first-order valence-corrected chi connectivity index (χ1v) is 5.86. The molecule has 0 bridgehead atoms. The molecule has 0 saturated carbocycles. The molecule has 0 radical (unpaired) electrons. The van der Waals surface area contributed by atoms with Crippen LogP contribution in [0.25, 0.3) is 0 Å². The molecule has 0 unspecified atom stereocenters. The minimum Gasteiger partial charge on any atom is -0.482 e. The van der Waals surface area contributed by atoms with E-state index in [2.05, 4.69) is 5.32 Å². The van der Waals surface area contributed by atoms with Crippen molar-refractivity contribution in [1.29, 1.82) is 0 Å². The number of anilines is 2. The van der Waals surface area contributed by atoms with E-state index in [9.17, 15) is 14.7 Å². The molecule has 6 nitrogen and oxygen atoms in total. The lowest BCUT2D eigenvalue weighted by Crippen LogP contribution is -2.37. The molecule has 2 amide bonds. The fourth-order valence-electron chi connectivity index (χ4n) is 1.63. The molecule has 0 atom stereocenters. The Hall–Kier alpha value is -2.08. The quantitative estimate of drug-likeness (QED) is 0.826. The molecule has 19 heavy (non-hydrogen) atoms. The van der Waals surface area contributed by atoms with E-state index < -0.39 is 11.5 Å². The van der Waals surface area contributed by atoms with Gasteiger partial charge in [0.2, 0.25) is 0 Å². The summed E-state index contributed by atoms with van der Waals surface area (Å²) >= 11 is 0. The topological polar surface area (TPSA) is 78.9 Å². The van der Waals surface area contributed by atoms with Gasteiger partial charge in [0.15, 0.2) is 6.61 Å². The van der Waals surface area contributed by atoms with Gasteiger partial charge in [0.25, 0.3) is 11.8 Å². The lowest BCUT2D eigenvalue weighted by Gasteiger charge is -2.26. The van der Waals surface area contributed by atoms with Crippen molar-refractivity contribution in [1.82, 2.24) is 0 Å². The second-order valence-corrected chi connectivity index (χ2v) is 4.94. The normalized spacial score (nSPS) is 14.7. The third kappa shape index (κ3) is 2.68. The Labute approximate surface area is 111 Å². The monoisotopic (exact) mass is 264 g/mol. The second-order valence-electron chi connectivity index (χ2n) is 4.94. The first kappa shape index (κ1) is 13.4. The molecular weight excluding hydrogens is 248 g/mol. The highest BCUT2D eigenvalue weighted by atomic mass is 16.5. The third-order valence-corrected chi connectivity index (χ3v) is 2.86. The molecule has 0 aromatic heterocycles. The number of rotatable bonds is 2. The van der Waals surface area contributed by atoms with E-state index in [4.69, 9.17) is 4.74 Å². The predicted molar refractivity (Wildman–Crippen MR) is 70.3 cm³/mol. The number of amides is 2. The Morgan fingerprint density at radius 3 is 2.79 bits per heavy atom. The number of carbonyl (C=O) groups is 2. The Bertz CT molecular complexity index is 534. The number of hydrogen-bond donors (Lipinski definition) is 2. The fraction of sp³-hybridized carbons (Fsp3) is 0.385. The third-order valence-electron chi connectivity index (χ3n) is 2.86. The van der Waals surface area contributed by atoms with E-state index in [1.165, 1.54) is 18.7 Å². The van der Waals surface area contributed by atoms with E-state index in [0.717, 1.165) is 0 Å². The van der Waals surface area contributed by atoms with Crippen molar-refractivity contribution < 1.29 is 19.4 Å². The molecule has 2 rings (SSSR count). The number of hydrogen-bond acceptors (Lipinski definition) is 4. The number of fused-ring (bicyclic) bond motifs is 1. The van der Waals surface area contributed by atoms with Gasteiger partial charge in [0.1, 0.15) is 11.4 Å². The van der Waals surface area contributed by atoms with Crippen molar-refractivity contribution >= 4 is 23.2 Å². The van der Waals surface area contributed by atoms with Gasteiger partial charge in [-0.1, -0.05) is 0 Å². The van der Waals surface area contributed by atoms with Gasteiger partial charge in [-0.15, -0.1) is 0 Å². The van der Waals surface area contributed by atoms with Crippen molar-refractivity contribution in [2.75, 3.05) is 23.9 Å². The van der Waals surface area contributed by atoms with E-state index >= 15 is 0 Å². The summed E-state index contributed by atoms with van der Waals surface area (Å²) in [7, 11) is 1.64. The van der Waals surface area contributed by atoms with E-state index in [1.54, 1.807) is 25.2 Å². The van der Waals surface area contributed by atoms with Crippen LogP contribution in [0.4, 0.5) is 11.4 Å². The van der Waals surface area contributed by atoms with E-state index in [-0.39, 0.29) is 12.5 Å². The summed E-state index contributed by atoms with van der Waals surface area (Å²) in [6, 6.07) is 4.97. The summed E-state index contributed by atoms with van der Waals surface area (Å²) < 4.78 is 5.28. The molecule has 102 valence electrons. The molecule has 1 aromatic rings. The maximum atomic E-state index is 11.7. The van der Waals surface area contributed by atoms with E-state index in [0.29, 0.717) is 17.1 Å². The van der Waals surface area contributed by atoms with Crippen molar-refractivity contribution in [3.8, 4) is 5.75 Å². The zero-order valence-electron chi connectivity index (χ0n) is 11.1. The Morgan fingerprint density at radius 2 is 2.16 bits per heavy atom. The number of nitrogens with zero attached hydrogens (tertiary/aromatic N) is 1. The zero-order chi connectivity index (χ0) is 14.2. The average molecular weight is 264 g/mol. The summed E-state index contributed by atoms with van der Waals surface area (Å²) in [4.78, 5) is 24.7. The summed E-state index contributed by atoms with van der Waals surface area (Å²) in [5.41, 5.74) is -0.380. The molecular formula is C13H16N2O4. The lowest BCUT2D eigenvalue weighted by molar-refractivity contribution is -0.130. The van der Waals surface area contributed by atoms with Gasteiger partial charge >= 0.3 is 0 Å². The van der Waals surface area contributed by atoms with Crippen LogP contribution < -0.4 is 15.0 Å². The molecule has 0 fully saturated rings. The number of carbonyl (C=O) groups excluding carboxylic acids is 2.